The zero-order valence-electron chi connectivity index (χ0n) is 15.2. The fraction of sp³-hybridized carbons (Fsp3) is 0.765. The van der Waals surface area contributed by atoms with Crippen LogP contribution in [0.5, 0.6) is 0 Å². The van der Waals surface area contributed by atoms with Crippen LogP contribution in [0.1, 0.15) is 20.8 Å². The van der Waals surface area contributed by atoms with Crippen molar-refractivity contribution >= 4 is 11.6 Å². The molecule has 0 bridgehead atoms. The molecule has 23 heavy (non-hydrogen) atoms. The average Bonchev–Trinajstić information content (AvgIpc) is 2.64. The maximum Gasteiger partial charge on any atom is 0.134 e. The van der Waals surface area contributed by atoms with Crippen molar-refractivity contribution in [2.75, 3.05) is 75.8 Å². The monoisotopic (exact) mass is 320 g/mol. The van der Waals surface area contributed by atoms with E-state index >= 15 is 0 Å². The summed E-state index contributed by atoms with van der Waals surface area (Å²) < 4.78 is 0. The van der Waals surface area contributed by atoms with E-state index in [0.29, 0.717) is 0 Å². The molecule has 2 fully saturated rings. The van der Waals surface area contributed by atoms with Gasteiger partial charge in [0.05, 0.1) is 0 Å². The summed E-state index contributed by atoms with van der Waals surface area (Å²) in [6, 6.07) is 2.16. The van der Waals surface area contributed by atoms with Crippen LogP contribution in [-0.2, 0) is 0 Å². The highest BCUT2D eigenvalue weighted by molar-refractivity contribution is 5.50. The lowest BCUT2D eigenvalue weighted by Gasteiger charge is -2.36. The fourth-order valence-corrected chi connectivity index (χ4v) is 3.01. The molecule has 0 aliphatic carbocycles. The van der Waals surface area contributed by atoms with E-state index in [9.17, 15) is 0 Å². The Morgan fingerprint density at radius 3 is 1.78 bits per heavy atom. The Bertz CT molecular complexity index is 450. The Morgan fingerprint density at radius 2 is 1.30 bits per heavy atom. The summed E-state index contributed by atoms with van der Waals surface area (Å²) in [5.74, 6) is 2.15. The van der Waals surface area contributed by atoms with Crippen molar-refractivity contribution in [3.05, 3.63) is 12.4 Å². The molecule has 6 heteroatoms. The predicted octanol–water partition coefficient (Wildman–Crippen LogP) is 1.40. The second-order valence-corrected chi connectivity index (χ2v) is 5.95. The highest BCUT2D eigenvalue weighted by Crippen LogP contribution is 2.19. The number of aromatic nitrogens is 2. The van der Waals surface area contributed by atoms with E-state index < -0.39 is 0 Å². The first-order valence-electron chi connectivity index (χ1n) is 8.99. The van der Waals surface area contributed by atoms with Gasteiger partial charge in [0.15, 0.2) is 0 Å². The van der Waals surface area contributed by atoms with Gasteiger partial charge in [0.1, 0.15) is 18.0 Å². The van der Waals surface area contributed by atoms with Gasteiger partial charge in [-0.05, 0) is 13.6 Å². The Balaban J connectivity index is 0.000000924. The lowest BCUT2D eigenvalue weighted by molar-refractivity contribution is 0.270. The third kappa shape index (κ3) is 4.78. The van der Waals surface area contributed by atoms with Crippen LogP contribution < -0.4 is 9.80 Å². The van der Waals surface area contributed by atoms with Gasteiger partial charge in [-0.2, -0.15) is 0 Å². The van der Waals surface area contributed by atoms with Crippen LogP contribution in [0.4, 0.5) is 11.6 Å². The van der Waals surface area contributed by atoms with Gasteiger partial charge in [0.25, 0.3) is 0 Å². The molecular weight excluding hydrogens is 288 g/mol. The Morgan fingerprint density at radius 1 is 0.826 bits per heavy atom. The maximum atomic E-state index is 4.48. The van der Waals surface area contributed by atoms with E-state index in [2.05, 4.69) is 49.6 Å². The average molecular weight is 320 g/mol. The molecule has 0 amide bonds. The van der Waals surface area contributed by atoms with Crippen molar-refractivity contribution in [1.29, 1.82) is 0 Å². The summed E-state index contributed by atoms with van der Waals surface area (Å²) >= 11 is 0. The van der Waals surface area contributed by atoms with Crippen LogP contribution in [-0.4, -0.2) is 85.7 Å². The summed E-state index contributed by atoms with van der Waals surface area (Å²) in [6.07, 6.45) is 1.72. The molecule has 0 radical (unpaired) electrons. The number of anilines is 2. The first-order valence-corrected chi connectivity index (χ1v) is 8.99. The van der Waals surface area contributed by atoms with Gasteiger partial charge in [0, 0.05) is 58.4 Å². The van der Waals surface area contributed by atoms with Crippen LogP contribution >= 0.6 is 0 Å². The molecular formula is C17H32N6. The fourth-order valence-electron chi connectivity index (χ4n) is 3.01. The van der Waals surface area contributed by atoms with Crippen molar-refractivity contribution < 1.29 is 0 Å². The second kappa shape index (κ2) is 9.03. The highest BCUT2D eigenvalue weighted by atomic mass is 15.3. The molecule has 1 aromatic rings. The highest BCUT2D eigenvalue weighted by Gasteiger charge is 2.19. The summed E-state index contributed by atoms with van der Waals surface area (Å²) in [7, 11) is 2.18. The lowest BCUT2D eigenvalue weighted by Crippen LogP contribution is -2.47. The van der Waals surface area contributed by atoms with Crippen LogP contribution in [0.15, 0.2) is 12.4 Å². The Kier molecular flexibility index (Phi) is 7.05. The van der Waals surface area contributed by atoms with E-state index in [0.717, 1.165) is 70.5 Å². The SMILES string of the molecule is CC.CCN1CCN(c2cc(N3CCN(C)CC3)ncn2)CC1. The predicted molar refractivity (Wildman–Crippen MR) is 97.4 cm³/mol. The standard InChI is InChI=1S/C15H26N6.C2H6/c1-3-19-6-10-21(11-7-19)15-12-14(16-13-17-15)20-8-4-18(2)5-9-20;1-2/h12-13H,3-11H2,1-2H3;1-2H3. The minimum Gasteiger partial charge on any atom is -0.354 e. The zero-order chi connectivity index (χ0) is 16.7. The van der Waals surface area contributed by atoms with Crippen LogP contribution in [0.25, 0.3) is 0 Å². The van der Waals surface area contributed by atoms with Gasteiger partial charge in [0.2, 0.25) is 0 Å². The van der Waals surface area contributed by atoms with E-state index in [1.807, 2.05) is 13.8 Å². The normalized spacial score (nSPS) is 20.2. The molecule has 1 aromatic heterocycles. The van der Waals surface area contributed by atoms with Crippen molar-refractivity contribution in [3.8, 4) is 0 Å². The van der Waals surface area contributed by atoms with Gasteiger partial charge >= 0.3 is 0 Å². The minimum absolute atomic E-state index is 1.05. The van der Waals surface area contributed by atoms with Gasteiger partial charge in [-0.25, -0.2) is 9.97 Å². The van der Waals surface area contributed by atoms with Crippen LogP contribution in [0, 0.1) is 0 Å². The molecule has 0 atom stereocenters. The number of hydrogen-bond acceptors (Lipinski definition) is 6. The number of likely N-dealkylation sites (N-methyl/N-ethyl adjacent to an activating group) is 2. The van der Waals surface area contributed by atoms with Crippen molar-refractivity contribution in [2.24, 2.45) is 0 Å². The molecule has 2 aliphatic heterocycles. The van der Waals surface area contributed by atoms with E-state index in [1.165, 1.54) is 0 Å². The topological polar surface area (TPSA) is 38.7 Å². The van der Waals surface area contributed by atoms with Crippen molar-refractivity contribution in [3.63, 3.8) is 0 Å². The van der Waals surface area contributed by atoms with Gasteiger partial charge in [-0.3, -0.25) is 0 Å². The van der Waals surface area contributed by atoms with Crippen molar-refractivity contribution in [1.82, 2.24) is 19.8 Å². The molecule has 2 saturated heterocycles. The summed E-state index contributed by atoms with van der Waals surface area (Å²) in [6.45, 7) is 16.1. The third-order valence-electron chi connectivity index (χ3n) is 4.61. The molecule has 3 rings (SSSR count). The maximum absolute atomic E-state index is 4.48. The number of hydrogen-bond donors (Lipinski definition) is 0. The van der Waals surface area contributed by atoms with Gasteiger partial charge in [-0.1, -0.05) is 20.8 Å². The molecule has 6 nitrogen and oxygen atoms in total. The van der Waals surface area contributed by atoms with Crippen LogP contribution in [0.2, 0.25) is 0 Å². The third-order valence-corrected chi connectivity index (χ3v) is 4.61. The number of rotatable bonds is 3. The largest absolute Gasteiger partial charge is 0.354 e. The van der Waals surface area contributed by atoms with Crippen molar-refractivity contribution in [2.45, 2.75) is 20.8 Å². The summed E-state index contributed by atoms with van der Waals surface area (Å²) in [5.41, 5.74) is 0. The van der Waals surface area contributed by atoms with E-state index in [-0.39, 0.29) is 0 Å². The molecule has 0 saturated carbocycles. The molecule has 130 valence electrons. The smallest absolute Gasteiger partial charge is 0.134 e. The zero-order valence-corrected chi connectivity index (χ0v) is 15.2. The van der Waals surface area contributed by atoms with Crippen LogP contribution in [0.3, 0.4) is 0 Å². The first-order chi connectivity index (χ1) is 11.3. The second-order valence-electron chi connectivity index (χ2n) is 5.95. The summed E-state index contributed by atoms with van der Waals surface area (Å²) in [5, 5.41) is 0. The molecule has 0 aromatic carbocycles. The Hall–Kier alpha value is -1.40. The van der Waals surface area contributed by atoms with E-state index in [4.69, 9.17) is 0 Å². The molecule has 0 N–H and O–H groups in total. The molecule has 0 spiro atoms. The van der Waals surface area contributed by atoms with E-state index in [1.54, 1.807) is 6.33 Å². The lowest BCUT2D eigenvalue weighted by atomic mass is 10.3. The Labute approximate surface area is 141 Å². The molecule has 3 heterocycles. The first kappa shape index (κ1) is 17.9. The number of piperazine rings is 2. The molecule has 2 aliphatic rings. The van der Waals surface area contributed by atoms with Gasteiger partial charge in [-0.15, -0.1) is 0 Å². The quantitative estimate of drug-likeness (QED) is 0.838. The van der Waals surface area contributed by atoms with Gasteiger partial charge < -0.3 is 19.6 Å². The number of nitrogens with zero attached hydrogens (tertiary/aromatic N) is 6. The summed E-state index contributed by atoms with van der Waals surface area (Å²) in [4.78, 5) is 18.6. The molecule has 0 unspecified atom stereocenters. The minimum atomic E-state index is 1.05.